The number of methoxy groups -OCH3 is 1. The summed E-state index contributed by atoms with van der Waals surface area (Å²) in [6.07, 6.45) is 0. The zero-order chi connectivity index (χ0) is 16.7. The topological polar surface area (TPSA) is 79.5 Å². The van der Waals surface area contributed by atoms with Crippen molar-refractivity contribution < 1.29 is 18.7 Å². The fourth-order valence-electron chi connectivity index (χ4n) is 1.85. The molecule has 0 radical (unpaired) electrons. The lowest BCUT2D eigenvalue weighted by Crippen LogP contribution is -2.44. The Balaban J connectivity index is 1.84. The average molecular weight is 317 g/mol. The largest absolute Gasteiger partial charge is 0.495 e. The molecular formula is C16H16FN3O3. The molecule has 2 rings (SSSR count). The van der Waals surface area contributed by atoms with E-state index in [1.807, 2.05) is 0 Å². The summed E-state index contributed by atoms with van der Waals surface area (Å²) in [5.74, 6) is -1.28. The van der Waals surface area contributed by atoms with E-state index in [2.05, 4.69) is 16.2 Å². The normalized spacial score (nSPS) is 9.83. The zero-order valence-electron chi connectivity index (χ0n) is 12.4. The second-order valence-electron chi connectivity index (χ2n) is 4.54. The van der Waals surface area contributed by atoms with Crippen LogP contribution >= 0.6 is 0 Å². The predicted octanol–water partition coefficient (Wildman–Crippen LogP) is 1.71. The number of hydrogen-bond acceptors (Lipinski definition) is 4. The Labute approximate surface area is 132 Å². The Hall–Kier alpha value is -3.09. The quantitative estimate of drug-likeness (QED) is 0.734. The first kappa shape index (κ1) is 16.3. The monoisotopic (exact) mass is 317 g/mol. The Morgan fingerprint density at radius 3 is 2.48 bits per heavy atom. The van der Waals surface area contributed by atoms with Gasteiger partial charge < -0.3 is 10.1 Å². The van der Waals surface area contributed by atoms with Crippen LogP contribution in [0.25, 0.3) is 0 Å². The van der Waals surface area contributed by atoms with Gasteiger partial charge in [0.15, 0.2) is 0 Å². The van der Waals surface area contributed by atoms with Gasteiger partial charge in [0.05, 0.1) is 24.9 Å². The number of anilines is 1. The summed E-state index contributed by atoms with van der Waals surface area (Å²) in [7, 11) is 1.52. The highest BCUT2D eigenvalue weighted by Gasteiger charge is 2.11. The first-order valence-corrected chi connectivity index (χ1v) is 6.82. The summed E-state index contributed by atoms with van der Waals surface area (Å²) in [5.41, 5.74) is 4.86. The van der Waals surface area contributed by atoms with E-state index >= 15 is 0 Å². The van der Waals surface area contributed by atoms with Crippen LogP contribution in [0.5, 0.6) is 5.75 Å². The molecule has 2 aromatic rings. The highest BCUT2D eigenvalue weighted by atomic mass is 19.1. The standard InChI is InChI=1S/C16H16FN3O3/c1-23-14-9-5-4-8-13(14)18-10-15(21)19-20-16(22)11-6-2-3-7-12(11)17/h2-9,18H,10H2,1H3,(H,19,21)(H,20,22). The minimum Gasteiger partial charge on any atom is -0.495 e. The summed E-state index contributed by atoms with van der Waals surface area (Å²) in [6, 6.07) is 12.6. The summed E-state index contributed by atoms with van der Waals surface area (Å²) < 4.78 is 18.6. The number of rotatable bonds is 5. The van der Waals surface area contributed by atoms with E-state index in [-0.39, 0.29) is 12.1 Å². The molecule has 3 N–H and O–H groups in total. The first-order valence-electron chi connectivity index (χ1n) is 6.82. The molecular weight excluding hydrogens is 301 g/mol. The maximum atomic E-state index is 13.4. The van der Waals surface area contributed by atoms with Gasteiger partial charge in [-0.15, -0.1) is 0 Å². The van der Waals surface area contributed by atoms with E-state index in [0.29, 0.717) is 11.4 Å². The molecule has 2 amide bonds. The van der Waals surface area contributed by atoms with Crippen LogP contribution < -0.4 is 20.9 Å². The van der Waals surface area contributed by atoms with Gasteiger partial charge in [0.25, 0.3) is 11.8 Å². The van der Waals surface area contributed by atoms with Gasteiger partial charge in [-0.1, -0.05) is 24.3 Å². The molecule has 0 aliphatic carbocycles. The van der Waals surface area contributed by atoms with E-state index < -0.39 is 17.6 Å². The first-order chi connectivity index (χ1) is 11.1. The van der Waals surface area contributed by atoms with Crippen molar-refractivity contribution >= 4 is 17.5 Å². The Kier molecular flexibility index (Phi) is 5.51. The predicted molar refractivity (Wildman–Crippen MR) is 83.5 cm³/mol. The Morgan fingerprint density at radius 2 is 1.74 bits per heavy atom. The molecule has 120 valence electrons. The minimum absolute atomic E-state index is 0.0854. The molecule has 0 heterocycles. The van der Waals surface area contributed by atoms with Gasteiger partial charge in [-0.05, 0) is 24.3 Å². The van der Waals surface area contributed by atoms with Gasteiger partial charge in [0.2, 0.25) is 0 Å². The molecule has 0 fully saturated rings. The number of nitrogens with one attached hydrogen (secondary N) is 3. The van der Waals surface area contributed by atoms with Crippen molar-refractivity contribution in [1.29, 1.82) is 0 Å². The fraction of sp³-hybridized carbons (Fsp3) is 0.125. The van der Waals surface area contributed by atoms with Crippen LogP contribution in [0.15, 0.2) is 48.5 Å². The van der Waals surface area contributed by atoms with Crippen molar-refractivity contribution in [3.05, 3.63) is 59.9 Å². The minimum atomic E-state index is -0.728. The van der Waals surface area contributed by atoms with Crippen LogP contribution in [0.2, 0.25) is 0 Å². The van der Waals surface area contributed by atoms with Crippen molar-refractivity contribution in [2.75, 3.05) is 19.0 Å². The molecule has 0 saturated heterocycles. The number of hydrogen-bond donors (Lipinski definition) is 3. The molecule has 0 spiro atoms. The number of benzene rings is 2. The summed E-state index contributed by atoms with van der Waals surface area (Å²) in [6.45, 7) is -0.0854. The highest BCUT2D eigenvalue weighted by molar-refractivity contribution is 5.95. The Bertz CT molecular complexity index is 706. The maximum Gasteiger partial charge on any atom is 0.272 e. The van der Waals surface area contributed by atoms with Crippen molar-refractivity contribution in [2.24, 2.45) is 0 Å². The third-order valence-corrected chi connectivity index (χ3v) is 2.98. The van der Waals surface area contributed by atoms with Gasteiger partial charge in [0, 0.05) is 0 Å². The highest BCUT2D eigenvalue weighted by Crippen LogP contribution is 2.22. The van der Waals surface area contributed by atoms with Gasteiger partial charge in [-0.25, -0.2) is 4.39 Å². The number of carbonyl (C=O) groups excluding carboxylic acids is 2. The SMILES string of the molecule is COc1ccccc1NCC(=O)NNC(=O)c1ccccc1F. The molecule has 23 heavy (non-hydrogen) atoms. The lowest BCUT2D eigenvalue weighted by molar-refractivity contribution is -0.120. The molecule has 0 aromatic heterocycles. The third-order valence-electron chi connectivity index (χ3n) is 2.98. The molecule has 6 nitrogen and oxygen atoms in total. The molecule has 0 bridgehead atoms. The lowest BCUT2D eigenvalue weighted by Gasteiger charge is -2.11. The van der Waals surface area contributed by atoms with Crippen LogP contribution in [0, 0.1) is 5.82 Å². The van der Waals surface area contributed by atoms with Crippen LogP contribution in [-0.2, 0) is 4.79 Å². The van der Waals surface area contributed by atoms with Crippen LogP contribution in [0.1, 0.15) is 10.4 Å². The third kappa shape index (κ3) is 4.44. The van der Waals surface area contributed by atoms with Crippen molar-refractivity contribution in [3.8, 4) is 5.75 Å². The van der Waals surface area contributed by atoms with Crippen molar-refractivity contribution in [1.82, 2.24) is 10.9 Å². The summed E-state index contributed by atoms with van der Waals surface area (Å²) in [4.78, 5) is 23.5. The van der Waals surface area contributed by atoms with E-state index in [0.717, 1.165) is 0 Å². The molecule has 2 aromatic carbocycles. The van der Waals surface area contributed by atoms with Crippen molar-refractivity contribution in [3.63, 3.8) is 0 Å². The smallest absolute Gasteiger partial charge is 0.272 e. The van der Waals surface area contributed by atoms with E-state index in [4.69, 9.17) is 4.74 Å². The van der Waals surface area contributed by atoms with E-state index in [1.165, 1.54) is 31.4 Å². The number of hydrazine groups is 1. The number of ether oxygens (including phenoxy) is 1. The summed E-state index contributed by atoms with van der Waals surface area (Å²) in [5, 5.41) is 2.88. The van der Waals surface area contributed by atoms with Gasteiger partial charge >= 0.3 is 0 Å². The lowest BCUT2D eigenvalue weighted by atomic mass is 10.2. The van der Waals surface area contributed by atoms with Gasteiger partial charge in [-0.3, -0.25) is 20.4 Å². The van der Waals surface area contributed by atoms with Gasteiger partial charge in [0.1, 0.15) is 11.6 Å². The molecule has 7 heteroatoms. The average Bonchev–Trinajstić information content (AvgIpc) is 2.58. The number of amides is 2. The maximum absolute atomic E-state index is 13.4. The van der Waals surface area contributed by atoms with Crippen LogP contribution in [0.3, 0.4) is 0 Å². The zero-order valence-corrected chi connectivity index (χ0v) is 12.4. The Morgan fingerprint density at radius 1 is 1.04 bits per heavy atom. The van der Waals surface area contributed by atoms with E-state index in [9.17, 15) is 14.0 Å². The number of carbonyl (C=O) groups is 2. The van der Waals surface area contributed by atoms with Crippen LogP contribution in [-0.4, -0.2) is 25.5 Å². The van der Waals surface area contributed by atoms with Crippen LogP contribution in [0.4, 0.5) is 10.1 Å². The van der Waals surface area contributed by atoms with Gasteiger partial charge in [-0.2, -0.15) is 0 Å². The summed E-state index contributed by atoms with van der Waals surface area (Å²) >= 11 is 0. The number of para-hydroxylation sites is 2. The fourth-order valence-corrected chi connectivity index (χ4v) is 1.85. The second-order valence-corrected chi connectivity index (χ2v) is 4.54. The molecule has 0 aliphatic rings. The number of halogens is 1. The second kappa shape index (κ2) is 7.79. The molecule has 0 saturated carbocycles. The van der Waals surface area contributed by atoms with Crippen molar-refractivity contribution in [2.45, 2.75) is 0 Å². The molecule has 0 aliphatic heterocycles. The van der Waals surface area contributed by atoms with E-state index in [1.54, 1.807) is 24.3 Å². The molecule has 0 atom stereocenters. The molecule has 0 unspecified atom stereocenters.